The minimum Gasteiger partial charge on any atom is -0.494 e. The van der Waals surface area contributed by atoms with Gasteiger partial charge in [0.2, 0.25) is 11.8 Å². The number of aryl methyl sites for hydroxylation is 1. The highest BCUT2D eigenvalue weighted by molar-refractivity contribution is 5.95. The molecule has 1 aliphatic carbocycles. The summed E-state index contributed by atoms with van der Waals surface area (Å²) in [4.78, 5) is 73.5. The fraction of sp³-hybridized carbons (Fsp3) is 0.350. The van der Waals surface area contributed by atoms with Gasteiger partial charge in [0.25, 0.3) is 6.47 Å². The third-order valence-electron chi connectivity index (χ3n) is 9.08. The molecule has 1 aliphatic rings. The molecule has 0 heterocycles. The van der Waals surface area contributed by atoms with Gasteiger partial charge in [0, 0.05) is 44.0 Å². The van der Waals surface area contributed by atoms with E-state index in [4.69, 9.17) is 18.9 Å². The van der Waals surface area contributed by atoms with Crippen molar-refractivity contribution in [3.63, 3.8) is 0 Å². The average molecular weight is 783 g/mol. The summed E-state index contributed by atoms with van der Waals surface area (Å²) < 4.78 is 57.9. The summed E-state index contributed by atoms with van der Waals surface area (Å²) in [6.07, 6.45) is -3.69. The van der Waals surface area contributed by atoms with Crippen LogP contribution in [0.4, 0.5) is 18.9 Å². The molecule has 1 saturated carbocycles. The fourth-order valence-corrected chi connectivity index (χ4v) is 6.35. The molecule has 4 unspecified atom stereocenters. The summed E-state index contributed by atoms with van der Waals surface area (Å²) in [5.41, 5.74) is 2.85. The van der Waals surface area contributed by atoms with Crippen LogP contribution in [0.25, 0.3) is 6.08 Å². The first kappa shape index (κ1) is 42.6. The van der Waals surface area contributed by atoms with Crippen molar-refractivity contribution in [2.24, 2.45) is 17.8 Å². The molecule has 3 aromatic rings. The second-order valence-electron chi connectivity index (χ2n) is 12.9. The summed E-state index contributed by atoms with van der Waals surface area (Å²) in [7, 11) is 1.40. The predicted octanol–water partition coefficient (Wildman–Crippen LogP) is 5.69. The van der Waals surface area contributed by atoms with E-state index in [0.717, 1.165) is 11.1 Å². The number of esters is 2. The maximum Gasteiger partial charge on any atom is 0.389 e. The van der Waals surface area contributed by atoms with Gasteiger partial charge < -0.3 is 34.7 Å². The summed E-state index contributed by atoms with van der Waals surface area (Å²) in [5.74, 6) is -5.71. The maximum absolute atomic E-state index is 13.4. The SMILES string of the molecule is CNC(=O)C1CC(OC=O)C(C(=O)Nc2ccc(CCOC(=O)/C=C/c3ccc(OC(=O)c4ccc(OCCCC(F)(F)F)cc4)cc3)c(C)c2)C1CC(=O)O. The van der Waals surface area contributed by atoms with Crippen LogP contribution in [0, 0.1) is 24.7 Å². The Morgan fingerprint density at radius 1 is 0.929 bits per heavy atom. The van der Waals surface area contributed by atoms with Gasteiger partial charge in [-0.25, -0.2) is 9.59 Å². The van der Waals surface area contributed by atoms with Gasteiger partial charge in [0.15, 0.2) is 0 Å². The van der Waals surface area contributed by atoms with Gasteiger partial charge in [0.05, 0.1) is 24.7 Å². The number of carbonyl (C=O) groups excluding carboxylic acids is 5. The standard InChI is InChI=1S/C40H41F3N2O11/c1-24-20-28(45-38(51)36-31(22-34(47)48)32(37(50)44-2)21-33(36)55-23-46)10-7-26(24)16-19-54-35(49)15-6-25-4-11-30(12-5-25)56-39(52)27-8-13-29(14-9-27)53-18-3-17-40(41,42)43/h4-15,20,23,31-33,36H,3,16-19,21-22H2,1-2H3,(H,44,50)(H,45,51)(H,47,48)/b15-6+. The Morgan fingerprint density at radius 2 is 1.62 bits per heavy atom. The summed E-state index contributed by atoms with van der Waals surface area (Å²) in [5, 5.41) is 14.7. The number of rotatable bonds is 18. The molecule has 56 heavy (non-hydrogen) atoms. The fourth-order valence-electron chi connectivity index (χ4n) is 6.35. The Hall–Kier alpha value is -6.19. The van der Waals surface area contributed by atoms with E-state index in [0.29, 0.717) is 23.4 Å². The largest absolute Gasteiger partial charge is 0.494 e. The van der Waals surface area contributed by atoms with Gasteiger partial charge in [0.1, 0.15) is 17.6 Å². The van der Waals surface area contributed by atoms with E-state index in [2.05, 4.69) is 10.6 Å². The Labute approximate surface area is 320 Å². The molecule has 0 aromatic heterocycles. The molecule has 0 bridgehead atoms. The Morgan fingerprint density at radius 3 is 2.25 bits per heavy atom. The molecule has 16 heteroatoms. The number of anilines is 1. The lowest BCUT2D eigenvalue weighted by molar-refractivity contribution is -0.141. The molecule has 0 radical (unpaired) electrons. The number of halogens is 3. The van der Waals surface area contributed by atoms with Crippen LogP contribution >= 0.6 is 0 Å². The van der Waals surface area contributed by atoms with Crippen molar-refractivity contribution in [1.82, 2.24) is 5.32 Å². The predicted molar refractivity (Wildman–Crippen MR) is 194 cm³/mol. The quantitative estimate of drug-likeness (QED) is 0.0474. The van der Waals surface area contributed by atoms with Crippen molar-refractivity contribution in [3.05, 3.63) is 95.1 Å². The number of carbonyl (C=O) groups is 6. The van der Waals surface area contributed by atoms with E-state index in [1.807, 2.05) is 0 Å². The van der Waals surface area contributed by atoms with Crippen molar-refractivity contribution in [1.29, 1.82) is 0 Å². The molecule has 4 atom stereocenters. The zero-order chi connectivity index (χ0) is 40.8. The minimum atomic E-state index is -4.25. The molecule has 3 aromatic carbocycles. The number of alkyl halides is 3. The molecule has 3 N–H and O–H groups in total. The van der Waals surface area contributed by atoms with Crippen LogP contribution in [-0.4, -0.2) is 73.8 Å². The van der Waals surface area contributed by atoms with Crippen LogP contribution in [0.5, 0.6) is 11.5 Å². The van der Waals surface area contributed by atoms with Crippen molar-refractivity contribution >= 4 is 48.0 Å². The molecule has 4 rings (SSSR count). The van der Waals surface area contributed by atoms with Crippen LogP contribution in [-0.2, 0) is 39.9 Å². The Kier molecular flexibility index (Phi) is 15.1. The molecular formula is C40H41F3N2O11. The third-order valence-corrected chi connectivity index (χ3v) is 9.08. The third kappa shape index (κ3) is 12.7. The summed E-state index contributed by atoms with van der Waals surface area (Å²) in [6, 6.07) is 17.2. The number of aliphatic carboxylic acids is 1. The number of carboxylic acid groups (broad SMARTS) is 1. The van der Waals surface area contributed by atoms with Crippen LogP contribution in [0.15, 0.2) is 72.8 Å². The molecule has 0 spiro atoms. The summed E-state index contributed by atoms with van der Waals surface area (Å²) in [6.45, 7) is 1.92. The van der Waals surface area contributed by atoms with Crippen LogP contribution in [0.1, 0.15) is 52.7 Å². The normalized spacial score (nSPS) is 17.8. The number of carboxylic acids is 1. The zero-order valence-corrected chi connectivity index (χ0v) is 30.5. The number of hydrogen-bond acceptors (Lipinski definition) is 10. The topological polar surface area (TPSA) is 184 Å². The molecule has 2 amide bonds. The van der Waals surface area contributed by atoms with Crippen LogP contribution in [0.2, 0.25) is 0 Å². The number of hydrogen-bond donors (Lipinski definition) is 3. The van der Waals surface area contributed by atoms with Crippen molar-refractivity contribution in [2.75, 3.05) is 25.6 Å². The smallest absolute Gasteiger partial charge is 0.389 e. The molecule has 13 nitrogen and oxygen atoms in total. The van der Waals surface area contributed by atoms with Gasteiger partial charge in [-0.2, -0.15) is 13.2 Å². The number of nitrogens with one attached hydrogen (secondary N) is 2. The van der Waals surface area contributed by atoms with Gasteiger partial charge in [-0.3, -0.25) is 19.2 Å². The highest BCUT2D eigenvalue weighted by atomic mass is 19.4. The maximum atomic E-state index is 13.4. The summed E-state index contributed by atoms with van der Waals surface area (Å²) >= 11 is 0. The number of ether oxygens (including phenoxy) is 4. The second-order valence-corrected chi connectivity index (χ2v) is 12.9. The second kappa shape index (κ2) is 19.9. The molecule has 0 aliphatic heterocycles. The van der Waals surface area contributed by atoms with Crippen molar-refractivity contribution < 1.29 is 66.0 Å². The molecule has 1 fully saturated rings. The van der Waals surface area contributed by atoms with Gasteiger partial charge in [-0.15, -0.1) is 0 Å². The van der Waals surface area contributed by atoms with Crippen LogP contribution < -0.4 is 20.1 Å². The van der Waals surface area contributed by atoms with Gasteiger partial charge in [-0.05, 0) is 97.0 Å². The monoisotopic (exact) mass is 782 g/mol. The lowest BCUT2D eigenvalue weighted by atomic mass is 9.85. The van der Waals surface area contributed by atoms with Gasteiger partial charge >= 0.3 is 24.1 Å². The van der Waals surface area contributed by atoms with E-state index >= 15 is 0 Å². The lowest BCUT2D eigenvalue weighted by Crippen LogP contribution is -2.38. The highest BCUT2D eigenvalue weighted by Crippen LogP contribution is 2.42. The first-order chi connectivity index (χ1) is 26.7. The van der Waals surface area contributed by atoms with Crippen LogP contribution in [0.3, 0.4) is 0 Å². The molecule has 298 valence electrons. The van der Waals surface area contributed by atoms with E-state index in [9.17, 15) is 47.0 Å². The van der Waals surface area contributed by atoms with Crippen molar-refractivity contribution in [2.45, 2.75) is 51.3 Å². The molecule has 0 saturated heterocycles. The van der Waals surface area contributed by atoms with E-state index < -0.39 is 72.6 Å². The number of benzene rings is 3. The van der Waals surface area contributed by atoms with Gasteiger partial charge in [-0.1, -0.05) is 18.2 Å². The molecular weight excluding hydrogens is 741 g/mol. The van der Waals surface area contributed by atoms with E-state index in [-0.39, 0.29) is 43.8 Å². The number of amides is 2. The zero-order valence-electron chi connectivity index (χ0n) is 30.5. The van der Waals surface area contributed by atoms with E-state index in [1.165, 1.54) is 55.6 Å². The van der Waals surface area contributed by atoms with E-state index in [1.54, 1.807) is 37.3 Å². The average Bonchev–Trinajstić information content (AvgIpc) is 3.50. The Balaban J connectivity index is 1.23. The Bertz CT molecular complexity index is 1900. The minimum absolute atomic E-state index is 0.00426. The first-order valence-corrected chi connectivity index (χ1v) is 17.6. The lowest BCUT2D eigenvalue weighted by Gasteiger charge is -2.24. The van der Waals surface area contributed by atoms with Crippen molar-refractivity contribution in [3.8, 4) is 11.5 Å². The highest BCUT2D eigenvalue weighted by Gasteiger charge is 2.51. The first-order valence-electron chi connectivity index (χ1n) is 17.6.